The van der Waals surface area contributed by atoms with Gasteiger partial charge in [-0.25, -0.2) is 9.18 Å². The van der Waals surface area contributed by atoms with Crippen LogP contribution in [0.15, 0.2) is 48.7 Å². The fraction of sp³-hybridized carbons (Fsp3) is 0.217. The van der Waals surface area contributed by atoms with Crippen molar-refractivity contribution in [3.63, 3.8) is 0 Å². The van der Waals surface area contributed by atoms with E-state index in [9.17, 15) is 14.3 Å². The van der Waals surface area contributed by atoms with Crippen LogP contribution in [0, 0.1) is 5.82 Å². The first-order valence-electron chi connectivity index (χ1n) is 9.92. The zero-order chi connectivity index (χ0) is 20.9. The first-order chi connectivity index (χ1) is 14.6. The number of aromatic carboxylic acids is 1. The third kappa shape index (κ3) is 4.58. The van der Waals surface area contributed by atoms with Crippen molar-refractivity contribution in [3.05, 3.63) is 71.3 Å². The number of halogens is 1. The zero-order valence-electron chi connectivity index (χ0n) is 16.4. The van der Waals surface area contributed by atoms with Crippen LogP contribution in [0.4, 0.5) is 10.2 Å². The van der Waals surface area contributed by atoms with Crippen molar-refractivity contribution in [2.24, 2.45) is 0 Å². The van der Waals surface area contributed by atoms with E-state index in [1.807, 2.05) is 24.3 Å². The van der Waals surface area contributed by atoms with Crippen LogP contribution in [0.2, 0.25) is 0 Å². The number of hydrogen-bond acceptors (Lipinski definition) is 4. The molecule has 2 aromatic heterocycles. The highest BCUT2D eigenvalue weighted by Crippen LogP contribution is 2.28. The van der Waals surface area contributed by atoms with E-state index in [1.165, 1.54) is 12.1 Å². The van der Waals surface area contributed by atoms with Crippen molar-refractivity contribution in [2.75, 3.05) is 31.1 Å². The number of nitrogens with zero attached hydrogens (tertiary/aromatic N) is 2. The van der Waals surface area contributed by atoms with Gasteiger partial charge in [-0.15, -0.1) is 0 Å². The second-order valence-corrected chi connectivity index (χ2v) is 7.20. The van der Waals surface area contributed by atoms with Crippen molar-refractivity contribution in [1.29, 1.82) is 0 Å². The van der Waals surface area contributed by atoms with Crippen LogP contribution in [-0.4, -0.2) is 47.2 Å². The Hall–Kier alpha value is -3.45. The summed E-state index contributed by atoms with van der Waals surface area (Å²) < 4.78 is 13.1. The molecular weight excluding hydrogens is 383 g/mol. The van der Waals surface area contributed by atoms with Gasteiger partial charge in [-0.2, -0.15) is 0 Å². The molecule has 0 spiro atoms. The number of anilines is 1. The Balaban J connectivity index is 1.62. The van der Waals surface area contributed by atoms with E-state index in [0.29, 0.717) is 5.82 Å². The average Bonchev–Trinajstić information content (AvgIpc) is 3.03. The van der Waals surface area contributed by atoms with E-state index in [-0.39, 0.29) is 11.4 Å². The maximum absolute atomic E-state index is 13.1. The van der Waals surface area contributed by atoms with E-state index < -0.39 is 5.97 Å². The van der Waals surface area contributed by atoms with Crippen molar-refractivity contribution in [2.45, 2.75) is 6.42 Å². The van der Waals surface area contributed by atoms with Crippen molar-refractivity contribution in [3.8, 4) is 11.3 Å². The summed E-state index contributed by atoms with van der Waals surface area (Å²) in [6.07, 6.45) is 6.36. The molecular formula is C23H23FN4O2. The molecule has 0 saturated carbocycles. The van der Waals surface area contributed by atoms with Crippen LogP contribution in [0.25, 0.3) is 23.4 Å². The van der Waals surface area contributed by atoms with Gasteiger partial charge in [-0.05, 0) is 54.9 Å². The van der Waals surface area contributed by atoms with Gasteiger partial charge < -0.3 is 20.3 Å². The van der Waals surface area contributed by atoms with Gasteiger partial charge in [0.1, 0.15) is 17.2 Å². The van der Waals surface area contributed by atoms with E-state index in [0.717, 1.165) is 55.1 Å². The van der Waals surface area contributed by atoms with Crippen LogP contribution >= 0.6 is 0 Å². The van der Waals surface area contributed by atoms with Gasteiger partial charge in [0, 0.05) is 37.1 Å². The number of nitrogens with one attached hydrogen (secondary N) is 2. The van der Waals surface area contributed by atoms with Crippen LogP contribution in [-0.2, 0) is 0 Å². The number of carboxylic acid groups (broad SMARTS) is 1. The van der Waals surface area contributed by atoms with Crippen molar-refractivity contribution < 1.29 is 14.3 Å². The molecule has 1 aromatic carbocycles. The summed E-state index contributed by atoms with van der Waals surface area (Å²) in [4.78, 5) is 21.6. The third-order valence-corrected chi connectivity index (χ3v) is 5.09. The van der Waals surface area contributed by atoms with Crippen LogP contribution in [0.5, 0.6) is 0 Å². The largest absolute Gasteiger partial charge is 0.478 e. The molecule has 0 aliphatic carbocycles. The summed E-state index contributed by atoms with van der Waals surface area (Å²) in [5.41, 5.74) is 3.45. The standard InChI is InChI=1S/C23H23FN4O2/c24-18-5-2-16(3-6-18)4-7-19-14-17(8-10-26-19)21-15-20(23(29)30)22(27-21)28-12-1-9-25-11-13-28/h2-8,10,14-15,25,27H,1,9,11-13H2,(H,29,30)/b7-4+. The number of rotatable bonds is 5. The lowest BCUT2D eigenvalue weighted by Gasteiger charge is -2.21. The second kappa shape index (κ2) is 8.92. The van der Waals surface area contributed by atoms with Crippen LogP contribution < -0.4 is 10.2 Å². The van der Waals surface area contributed by atoms with Crippen molar-refractivity contribution >= 4 is 23.9 Å². The normalized spacial score (nSPS) is 14.8. The quantitative estimate of drug-likeness (QED) is 0.599. The highest BCUT2D eigenvalue weighted by Gasteiger charge is 2.21. The maximum Gasteiger partial charge on any atom is 0.339 e. The van der Waals surface area contributed by atoms with Gasteiger partial charge in [-0.1, -0.05) is 18.2 Å². The summed E-state index contributed by atoms with van der Waals surface area (Å²) in [5, 5.41) is 13.0. The highest BCUT2D eigenvalue weighted by atomic mass is 19.1. The number of H-pyrrole nitrogens is 1. The summed E-state index contributed by atoms with van der Waals surface area (Å²) in [6, 6.07) is 11.6. The van der Waals surface area contributed by atoms with Crippen molar-refractivity contribution in [1.82, 2.24) is 15.3 Å². The summed E-state index contributed by atoms with van der Waals surface area (Å²) in [5.74, 6) is -0.583. The fourth-order valence-electron chi connectivity index (χ4n) is 3.54. The molecule has 0 unspecified atom stereocenters. The topological polar surface area (TPSA) is 81.2 Å². The fourth-order valence-corrected chi connectivity index (χ4v) is 3.54. The Morgan fingerprint density at radius 3 is 2.73 bits per heavy atom. The zero-order valence-corrected chi connectivity index (χ0v) is 16.4. The second-order valence-electron chi connectivity index (χ2n) is 7.20. The smallest absolute Gasteiger partial charge is 0.339 e. The number of carbonyl (C=O) groups is 1. The molecule has 0 radical (unpaired) electrons. The van der Waals surface area contributed by atoms with Gasteiger partial charge in [0.15, 0.2) is 0 Å². The molecule has 154 valence electrons. The van der Waals surface area contributed by atoms with Gasteiger partial charge >= 0.3 is 5.97 Å². The Labute approximate surface area is 174 Å². The molecule has 1 aliphatic heterocycles. The summed E-state index contributed by atoms with van der Waals surface area (Å²) >= 11 is 0. The number of benzene rings is 1. The summed E-state index contributed by atoms with van der Waals surface area (Å²) in [6.45, 7) is 3.30. The van der Waals surface area contributed by atoms with E-state index in [2.05, 4.69) is 20.2 Å². The molecule has 7 heteroatoms. The minimum Gasteiger partial charge on any atom is -0.478 e. The maximum atomic E-state index is 13.1. The molecule has 1 saturated heterocycles. The minimum atomic E-state index is -0.949. The number of aromatic amines is 1. The Bertz CT molecular complexity index is 1050. The van der Waals surface area contributed by atoms with Gasteiger partial charge in [0.25, 0.3) is 0 Å². The van der Waals surface area contributed by atoms with Gasteiger partial charge in [0.05, 0.1) is 5.69 Å². The molecule has 0 atom stereocenters. The van der Waals surface area contributed by atoms with E-state index in [1.54, 1.807) is 24.4 Å². The molecule has 0 bridgehead atoms. The lowest BCUT2D eigenvalue weighted by atomic mass is 10.1. The third-order valence-electron chi connectivity index (χ3n) is 5.09. The predicted octanol–water partition coefficient (Wildman–Crippen LogP) is 3.88. The molecule has 0 amide bonds. The number of hydrogen-bond donors (Lipinski definition) is 3. The van der Waals surface area contributed by atoms with Gasteiger partial charge in [0.2, 0.25) is 0 Å². The molecule has 30 heavy (non-hydrogen) atoms. The average molecular weight is 406 g/mol. The van der Waals surface area contributed by atoms with Crippen LogP contribution in [0.3, 0.4) is 0 Å². The molecule has 3 N–H and O–H groups in total. The lowest BCUT2D eigenvalue weighted by Crippen LogP contribution is -2.29. The van der Waals surface area contributed by atoms with E-state index in [4.69, 9.17) is 0 Å². The molecule has 1 fully saturated rings. The first kappa shape index (κ1) is 19.8. The predicted molar refractivity (Wildman–Crippen MR) is 116 cm³/mol. The molecule has 6 nitrogen and oxygen atoms in total. The Morgan fingerprint density at radius 1 is 1.10 bits per heavy atom. The Morgan fingerprint density at radius 2 is 1.93 bits per heavy atom. The molecule has 3 aromatic rings. The number of pyridine rings is 1. The molecule has 3 heterocycles. The number of aromatic nitrogens is 2. The molecule has 1 aliphatic rings. The first-order valence-corrected chi connectivity index (χ1v) is 9.92. The van der Waals surface area contributed by atoms with E-state index >= 15 is 0 Å². The SMILES string of the molecule is O=C(O)c1cc(-c2ccnc(/C=C/c3ccc(F)cc3)c2)[nH]c1N1CCCNCC1. The monoisotopic (exact) mass is 406 g/mol. The number of carboxylic acids is 1. The summed E-state index contributed by atoms with van der Waals surface area (Å²) in [7, 11) is 0. The van der Waals surface area contributed by atoms with Crippen LogP contribution in [0.1, 0.15) is 28.0 Å². The van der Waals surface area contributed by atoms with Gasteiger partial charge in [-0.3, -0.25) is 4.98 Å². The lowest BCUT2D eigenvalue weighted by molar-refractivity contribution is 0.0697. The highest BCUT2D eigenvalue weighted by molar-refractivity contribution is 5.96. The minimum absolute atomic E-state index is 0.270. The Kier molecular flexibility index (Phi) is 5.90. The molecule has 4 rings (SSSR count).